The normalized spacial score (nSPS) is 21.1. The average Bonchev–Trinajstić information content (AvgIpc) is 3.77. The molecule has 3 fully saturated rings. The van der Waals surface area contributed by atoms with Gasteiger partial charge in [-0.05, 0) is 62.8 Å². The Morgan fingerprint density at radius 1 is 1.07 bits per heavy atom. The Labute approximate surface area is 236 Å². The highest BCUT2D eigenvalue weighted by molar-refractivity contribution is 6.15. The van der Waals surface area contributed by atoms with Gasteiger partial charge in [-0.15, -0.1) is 0 Å². The van der Waals surface area contributed by atoms with Gasteiger partial charge in [0.25, 0.3) is 5.91 Å². The third kappa shape index (κ3) is 4.83. The molecule has 0 aromatic heterocycles. The van der Waals surface area contributed by atoms with E-state index in [0.29, 0.717) is 18.5 Å². The fourth-order valence-electron chi connectivity index (χ4n) is 6.40. The van der Waals surface area contributed by atoms with Crippen molar-refractivity contribution in [2.45, 2.75) is 51.1 Å². The number of benzene rings is 2. The van der Waals surface area contributed by atoms with Crippen molar-refractivity contribution in [3.05, 3.63) is 53.6 Å². The van der Waals surface area contributed by atoms with Gasteiger partial charge in [0.1, 0.15) is 11.4 Å². The van der Waals surface area contributed by atoms with E-state index in [9.17, 15) is 9.59 Å². The van der Waals surface area contributed by atoms with Gasteiger partial charge in [0.2, 0.25) is 5.91 Å². The number of likely N-dealkylation sites (tertiary alicyclic amines) is 2. The van der Waals surface area contributed by atoms with Crippen molar-refractivity contribution in [1.29, 1.82) is 5.41 Å². The zero-order chi connectivity index (χ0) is 28.0. The zero-order valence-electron chi connectivity index (χ0n) is 23.8. The monoisotopic (exact) mass is 540 g/mol. The van der Waals surface area contributed by atoms with E-state index in [1.165, 1.54) is 6.21 Å². The molecule has 0 unspecified atom stereocenters. The molecule has 210 valence electrons. The summed E-state index contributed by atoms with van der Waals surface area (Å²) in [5.41, 5.74) is 4.12. The first-order valence-electron chi connectivity index (χ1n) is 14.7. The predicted octanol–water partition coefficient (Wildman–Crippen LogP) is 4.09. The third-order valence-electron chi connectivity index (χ3n) is 9.16. The van der Waals surface area contributed by atoms with Crippen LogP contribution in [0.25, 0.3) is 11.1 Å². The Kier molecular flexibility index (Phi) is 6.98. The van der Waals surface area contributed by atoms with Crippen LogP contribution < -0.4 is 5.32 Å². The third-order valence-corrected chi connectivity index (χ3v) is 9.16. The van der Waals surface area contributed by atoms with E-state index < -0.39 is 5.54 Å². The second-order valence-corrected chi connectivity index (χ2v) is 12.2. The summed E-state index contributed by atoms with van der Waals surface area (Å²) < 4.78 is 0. The molecule has 40 heavy (non-hydrogen) atoms. The Bertz CT molecular complexity index is 1330. The Morgan fingerprint density at radius 2 is 1.73 bits per heavy atom. The van der Waals surface area contributed by atoms with Crippen molar-refractivity contribution < 1.29 is 9.59 Å². The number of piperidine rings is 1. The summed E-state index contributed by atoms with van der Waals surface area (Å²) in [5, 5.41) is 10.9. The summed E-state index contributed by atoms with van der Waals surface area (Å²) in [6.45, 7) is 8.24. The largest absolute Gasteiger partial charge is 0.388 e. The number of aliphatic imine (C=N–C) groups is 1. The van der Waals surface area contributed by atoms with Crippen LogP contribution in [0, 0.1) is 17.2 Å². The van der Waals surface area contributed by atoms with Gasteiger partial charge in [0.05, 0.1) is 0 Å². The second-order valence-electron chi connectivity index (χ2n) is 12.2. The maximum Gasteiger partial charge on any atom is 0.256 e. The molecule has 2 aromatic carbocycles. The van der Waals surface area contributed by atoms with E-state index in [-0.39, 0.29) is 17.7 Å². The van der Waals surface area contributed by atoms with Crippen LogP contribution in [0.1, 0.15) is 50.7 Å². The topological polar surface area (TPSA) is 92.1 Å². The minimum atomic E-state index is -0.686. The molecule has 8 heteroatoms. The van der Waals surface area contributed by atoms with E-state index in [2.05, 4.69) is 54.4 Å². The standard InChI is InChI=1S/C32H40N6O2/c1-21(2)36-14-12-32(13-15-36)31(40)38(20-22-18-37(19-22)30(39)25-8-9-25)29(35-32)24-6-4-23(5-7-24)26-10-11-28(34-3)27(16-26)17-33/h4-7,10-11,16-17,21-22,25,33-34H,8-9,12-15,18-20H2,1-3H3. The van der Waals surface area contributed by atoms with E-state index >= 15 is 0 Å². The molecule has 1 spiro atoms. The lowest BCUT2D eigenvalue weighted by Gasteiger charge is -2.42. The van der Waals surface area contributed by atoms with Gasteiger partial charge >= 0.3 is 0 Å². The van der Waals surface area contributed by atoms with Crippen molar-refractivity contribution in [2.75, 3.05) is 45.1 Å². The van der Waals surface area contributed by atoms with Gasteiger partial charge in [-0.2, -0.15) is 0 Å². The molecule has 0 atom stereocenters. The van der Waals surface area contributed by atoms with Crippen molar-refractivity contribution in [2.24, 2.45) is 16.8 Å². The van der Waals surface area contributed by atoms with Gasteiger partial charge in [0.15, 0.2) is 0 Å². The summed E-state index contributed by atoms with van der Waals surface area (Å²) in [6, 6.07) is 14.8. The van der Waals surface area contributed by atoms with Crippen molar-refractivity contribution in [1.82, 2.24) is 14.7 Å². The smallest absolute Gasteiger partial charge is 0.256 e. The number of anilines is 1. The fourth-order valence-corrected chi connectivity index (χ4v) is 6.40. The quantitative estimate of drug-likeness (QED) is 0.494. The summed E-state index contributed by atoms with van der Waals surface area (Å²) in [5.74, 6) is 1.71. The maximum atomic E-state index is 14.1. The van der Waals surface area contributed by atoms with Crippen molar-refractivity contribution >= 4 is 29.6 Å². The minimum absolute atomic E-state index is 0.125. The van der Waals surface area contributed by atoms with Crippen molar-refractivity contribution in [3.8, 4) is 11.1 Å². The number of amides is 2. The molecule has 2 amide bonds. The summed E-state index contributed by atoms with van der Waals surface area (Å²) >= 11 is 0. The number of rotatable bonds is 8. The molecule has 2 aromatic rings. The van der Waals surface area contributed by atoms with Crippen LogP contribution in [-0.2, 0) is 9.59 Å². The molecule has 0 radical (unpaired) electrons. The van der Waals surface area contributed by atoms with Crippen LogP contribution in [0.15, 0.2) is 47.5 Å². The molecule has 1 aliphatic carbocycles. The highest BCUT2D eigenvalue weighted by atomic mass is 16.2. The predicted molar refractivity (Wildman–Crippen MR) is 159 cm³/mol. The molecule has 2 N–H and O–H groups in total. The molecule has 0 bridgehead atoms. The molecular formula is C32H40N6O2. The SMILES string of the molecule is CNc1ccc(-c2ccc(C3=NC4(CCN(C(C)C)CC4)C(=O)N3CC3CN(C(=O)C4CC4)C3)cc2)cc1C=N. The second kappa shape index (κ2) is 10.5. The minimum Gasteiger partial charge on any atom is -0.388 e. The fraction of sp³-hybridized carbons (Fsp3) is 0.500. The lowest BCUT2D eigenvalue weighted by molar-refractivity contribution is -0.140. The first-order valence-corrected chi connectivity index (χ1v) is 14.7. The highest BCUT2D eigenvalue weighted by Gasteiger charge is 2.51. The molecule has 2 saturated heterocycles. The van der Waals surface area contributed by atoms with E-state index in [0.717, 1.165) is 85.6 Å². The van der Waals surface area contributed by atoms with Crippen LogP contribution in [-0.4, -0.2) is 89.9 Å². The van der Waals surface area contributed by atoms with Crippen LogP contribution in [0.2, 0.25) is 0 Å². The number of nitrogens with one attached hydrogen (secondary N) is 2. The zero-order valence-corrected chi connectivity index (χ0v) is 23.8. The molecule has 4 aliphatic rings. The molecule has 3 heterocycles. The van der Waals surface area contributed by atoms with Crippen molar-refractivity contribution in [3.63, 3.8) is 0 Å². The van der Waals surface area contributed by atoms with E-state index in [4.69, 9.17) is 10.4 Å². The number of amidine groups is 1. The Hall–Kier alpha value is -3.52. The number of carbonyl (C=O) groups excluding carboxylic acids is 2. The lowest BCUT2D eigenvalue weighted by Crippen LogP contribution is -2.57. The highest BCUT2D eigenvalue weighted by Crippen LogP contribution is 2.38. The number of hydrogen-bond donors (Lipinski definition) is 2. The molecule has 8 nitrogen and oxygen atoms in total. The van der Waals surface area contributed by atoms with Gasteiger partial charge < -0.3 is 20.5 Å². The Morgan fingerprint density at radius 3 is 2.33 bits per heavy atom. The number of nitrogens with zero attached hydrogens (tertiary/aromatic N) is 4. The molecular weight excluding hydrogens is 500 g/mol. The number of carbonyl (C=O) groups is 2. The Balaban J connectivity index is 1.25. The summed E-state index contributed by atoms with van der Waals surface area (Å²) in [6.07, 6.45) is 4.89. The maximum absolute atomic E-state index is 14.1. The molecule has 1 saturated carbocycles. The first-order chi connectivity index (χ1) is 19.3. The van der Waals surface area contributed by atoms with Gasteiger partial charge in [-0.3, -0.25) is 19.5 Å². The van der Waals surface area contributed by atoms with Gasteiger partial charge in [-0.25, -0.2) is 0 Å². The first kappa shape index (κ1) is 26.7. The van der Waals surface area contributed by atoms with Crippen LogP contribution in [0.5, 0.6) is 0 Å². The lowest BCUT2D eigenvalue weighted by atomic mass is 9.87. The van der Waals surface area contributed by atoms with E-state index in [1.807, 2.05) is 29.0 Å². The molecule has 6 rings (SSSR count). The van der Waals surface area contributed by atoms with Gasteiger partial charge in [-0.1, -0.05) is 30.3 Å². The van der Waals surface area contributed by atoms with Crippen LogP contribution in [0.3, 0.4) is 0 Å². The summed E-state index contributed by atoms with van der Waals surface area (Å²) in [7, 11) is 1.86. The van der Waals surface area contributed by atoms with E-state index in [1.54, 1.807) is 0 Å². The van der Waals surface area contributed by atoms with Gasteiger partial charge in [0, 0.05) is 80.7 Å². The average molecular weight is 541 g/mol. The summed E-state index contributed by atoms with van der Waals surface area (Å²) in [4.78, 5) is 38.1. The number of hydrogen-bond acceptors (Lipinski definition) is 6. The molecule has 3 aliphatic heterocycles. The van der Waals surface area contributed by atoms with Crippen LogP contribution in [0.4, 0.5) is 5.69 Å². The van der Waals surface area contributed by atoms with Crippen LogP contribution >= 0.6 is 0 Å².